The number of sulfonamides is 1. The standard InChI is InChI=1S/C19H21N5O3S/c1-14-11-15(2)24(21-14)19(25)18-12-22(13-20-18)16-5-7-17(8-6-16)28(26,27)23-9-3-4-10-23/h5-8,11-13H,3-4,9-10H2,1-2H3. The van der Waals surface area contributed by atoms with E-state index in [4.69, 9.17) is 0 Å². The number of benzene rings is 1. The van der Waals surface area contributed by atoms with Crippen LogP contribution in [0.3, 0.4) is 0 Å². The van der Waals surface area contributed by atoms with Crippen LogP contribution in [-0.4, -0.2) is 51.1 Å². The van der Waals surface area contributed by atoms with Crippen molar-refractivity contribution in [1.29, 1.82) is 0 Å². The molecule has 1 aromatic carbocycles. The molecule has 0 N–H and O–H groups in total. The van der Waals surface area contributed by atoms with Gasteiger partial charge in [0, 0.05) is 30.7 Å². The van der Waals surface area contributed by atoms with Crippen LogP contribution in [-0.2, 0) is 10.0 Å². The van der Waals surface area contributed by atoms with Gasteiger partial charge in [-0.2, -0.15) is 14.1 Å². The van der Waals surface area contributed by atoms with Gasteiger partial charge in [0.1, 0.15) is 12.0 Å². The summed E-state index contributed by atoms with van der Waals surface area (Å²) in [6, 6.07) is 8.43. The van der Waals surface area contributed by atoms with Crippen LogP contribution in [0.4, 0.5) is 0 Å². The third-order valence-corrected chi connectivity index (χ3v) is 6.75. The first-order valence-corrected chi connectivity index (χ1v) is 10.5. The Labute approximate surface area is 163 Å². The quantitative estimate of drug-likeness (QED) is 0.671. The maximum Gasteiger partial charge on any atom is 0.298 e. The summed E-state index contributed by atoms with van der Waals surface area (Å²) in [5.74, 6) is -0.308. The lowest BCUT2D eigenvalue weighted by Gasteiger charge is -2.15. The third kappa shape index (κ3) is 3.27. The summed E-state index contributed by atoms with van der Waals surface area (Å²) in [6.07, 6.45) is 4.95. The van der Waals surface area contributed by atoms with Crippen molar-refractivity contribution in [3.63, 3.8) is 0 Å². The van der Waals surface area contributed by atoms with Crippen LogP contribution < -0.4 is 0 Å². The Kier molecular flexibility index (Phi) is 4.64. The van der Waals surface area contributed by atoms with Gasteiger partial charge in [-0.05, 0) is 57.0 Å². The van der Waals surface area contributed by atoms with Crippen LogP contribution in [0.1, 0.15) is 34.7 Å². The molecule has 1 aliphatic heterocycles. The van der Waals surface area contributed by atoms with Crippen molar-refractivity contribution >= 4 is 15.9 Å². The molecule has 1 saturated heterocycles. The van der Waals surface area contributed by atoms with Gasteiger partial charge in [-0.15, -0.1) is 0 Å². The van der Waals surface area contributed by atoms with Crippen LogP contribution in [0.5, 0.6) is 0 Å². The van der Waals surface area contributed by atoms with E-state index in [9.17, 15) is 13.2 Å². The Bertz CT molecular complexity index is 1120. The van der Waals surface area contributed by atoms with E-state index >= 15 is 0 Å². The molecule has 28 heavy (non-hydrogen) atoms. The fourth-order valence-electron chi connectivity index (χ4n) is 3.39. The van der Waals surface area contributed by atoms with Crippen molar-refractivity contribution in [1.82, 2.24) is 23.6 Å². The van der Waals surface area contributed by atoms with Gasteiger partial charge in [0.05, 0.1) is 10.6 Å². The molecule has 2 aromatic heterocycles. The number of hydrogen-bond donors (Lipinski definition) is 0. The van der Waals surface area contributed by atoms with Crippen LogP contribution in [0.25, 0.3) is 5.69 Å². The van der Waals surface area contributed by atoms with E-state index in [2.05, 4.69) is 10.1 Å². The SMILES string of the molecule is Cc1cc(C)n(C(=O)c2cn(-c3ccc(S(=O)(=O)N4CCCC4)cc3)cn2)n1. The fourth-order valence-corrected chi connectivity index (χ4v) is 4.90. The maximum atomic E-state index is 12.6. The lowest BCUT2D eigenvalue weighted by molar-refractivity contribution is 0.0938. The molecule has 0 aliphatic carbocycles. The molecule has 0 atom stereocenters. The van der Waals surface area contributed by atoms with Gasteiger partial charge < -0.3 is 4.57 Å². The normalized spacial score (nSPS) is 15.2. The molecule has 1 aliphatic rings. The second-order valence-electron chi connectivity index (χ2n) is 6.92. The Morgan fingerprint density at radius 3 is 2.36 bits per heavy atom. The smallest absolute Gasteiger partial charge is 0.298 e. The highest BCUT2D eigenvalue weighted by Crippen LogP contribution is 2.22. The monoisotopic (exact) mass is 399 g/mol. The molecular weight excluding hydrogens is 378 g/mol. The number of aromatic nitrogens is 4. The average Bonchev–Trinajstić information content (AvgIpc) is 3.42. The summed E-state index contributed by atoms with van der Waals surface area (Å²) < 4.78 is 29.8. The average molecular weight is 399 g/mol. The van der Waals surface area contributed by atoms with Crippen molar-refractivity contribution in [3.8, 4) is 5.69 Å². The summed E-state index contributed by atoms with van der Waals surface area (Å²) in [5, 5.41) is 4.19. The minimum Gasteiger partial charge on any atom is -0.305 e. The van der Waals surface area contributed by atoms with Gasteiger partial charge >= 0.3 is 0 Å². The molecule has 3 heterocycles. The summed E-state index contributed by atoms with van der Waals surface area (Å²) in [7, 11) is -3.44. The molecule has 8 nitrogen and oxygen atoms in total. The molecule has 9 heteroatoms. The zero-order valence-electron chi connectivity index (χ0n) is 15.7. The van der Waals surface area contributed by atoms with Crippen LogP contribution in [0.2, 0.25) is 0 Å². The Balaban J connectivity index is 1.57. The predicted molar refractivity (Wildman–Crippen MR) is 103 cm³/mol. The van der Waals surface area contributed by atoms with Crippen LogP contribution in [0.15, 0.2) is 47.8 Å². The third-order valence-electron chi connectivity index (χ3n) is 4.84. The van der Waals surface area contributed by atoms with Crippen molar-refractivity contribution in [3.05, 3.63) is 59.9 Å². The lowest BCUT2D eigenvalue weighted by atomic mass is 10.3. The van der Waals surface area contributed by atoms with Gasteiger partial charge in [0.2, 0.25) is 10.0 Å². The summed E-state index contributed by atoms with van der Waals surface area (Å²) in [6.45, 7) is 4.79. The van der Waals surface area contributed by atoms with Gasteiger partial charge in [-0.3, -0.25) is 4.79 Å². The molecule has 0 radical (unpaired) electrons. The number of imidazole rings is 1. The number of nitrogens with zero attached hydrogens (tertiary/aromatic N) is 5. The molecule has 4 rings (SSSR count). The van der Waals surface area contributed by atoms with E-state index in [-0.39, 0.29) is 16.5 Å². The zero-order valence-corrected chi connectivity index (χ0v) is 16.6. The van der Waals surface area contributed by atoms with Crippen molar-refractivity contribution in [2.24, 2.45) is 0 Å². The predicted octanol–water partition coefficient (Wildman–Crippen LogP) is 2.16. The summed E-state index contributed by atoms with van der Waals surface area (Å²) in [4.78, 5) is 17.1. The number of hydrogen-bond acceptors (Lipinski definition) is 5. The van der Waals surface area contributed by atoms with E-state index in [0.29, 0.717) is 13.1 Å². The lowest BCUT2D eigenvalue weighted by Crippen LogP contribution is -2.27. The number of carbonyl (C=O) groups is 1. The molecule has 0 saturated carbocycles. The molecule has 0 amide bonds. The van der Waals surface area contributed by atoms with Gasteiger partial charge in [-0.1, -0.05) is 0 Å². The highest BCUT2D eigenvalue weighted by atomic mass is 32.2. The Morgan fingerprint density at radius 1 is 1.07 bits per heavy atom. The van der Waals surface area contributed by atoms with Gasteiger partial charge in [-0.25, -0.2) is 13.4 Å². The molecule has 1 fully saturated rings. The van der Waals surface area contributed by atoms with E-state index < -0.39 is 10.0 Å². The van der Waals surface area contributed by atoms with Gasteiger partial charge in [0.15, 0.2) is 0 Å². The fraction of sp³-hybridized carbons (Fsp3) is 0.316. The van der Waals surface area contributed by atoms with Crippen molar-refractivity contribution in [2.75, 3.05) is 13.1 Å². The van der Waals surface area contributed by atoms with Gasteiger partial charge in [0.25, 0.3) is 5.91 Å². The van der Waals surface area contributed by atoms with E-state index in [1.807, 2.05) is 19.9 Å². The van der Waals surface area contributed by atoms with E-state index in [1.165, 1.54) is 15.3 Å². The summed E-state index contributed by atoms with van der Waals surface area (Å²) in [5.41, 5.74) is 2.49. The minimum atomic E-state index is -3.44. The number of aryl methyl sites for hydroxylation is 2. The second-order valence-corrected chi connectivity index (χ2v) is 8.85. The topological polar surface area (TPSA) is 90.1 Å². The first-order chi connectivity index (χ1) is 13.4. The maximum absolute atomic E-state index is 12.6. The van der Waals surface area contributed by atoms with Crippen molar-refractivity contribution in [2.45, 2.75) is 31.6 Å². The molecular formula is C19H21N5O3S. The first-order valence-electron chi connectivity index (χ1n) is 9.09. The minimum absolute atomic E-state index is 0.264. The highest BCUT2D eigenvalue weighted by molar-refractivity contribution is 7.89. The van der Waals surface area contributed by atoms with Crippen LogP contribution >= 0.6 is 0 Å². The molecule has 146 valence electrons. The number of carbonyl (C=O) groups excluding carboxylic acids is 1. The zero-order chi connectivity index (χ0) is 19.9. The number of rotatable bonds is 4. The highest BCUT2D eigenvalue weighted by Gasteiger charge is 2.27. The van der Waals surface area contributed by atoms with Crippen molar-refractivity contribution < 1.29 is 13.2 Å². The second kappa shape index (κ2) is 6.99. The molecule has 0 spiro atoms. The molecule has 0 unspecified atom stereocenters. The Morgan fingerprint density at radius 2 is 1.75 bits per heavy atom. The Hall–Kier alpha value is -2.78. The van der Waals surface area contributed by atoms with Crippen LogP contribution in [0, 0.1) is 13.8 Å². The van der Waals surface area contributed by atoms with E-state index in [0.717, 1.165) is 29.9 Å². The summed E-state index contributed by atoms with van der Waals surface area (Å²) >= 11 is 0. The van der Waals surface area contributed by atoms with E-state index in [1.54, 1.807) is 35.0 Å². The molecule has 0 bridgehead atoms. The first kappa shape index (κ1) is 18.6. The largest absolute Gasteiger partial charge is 0.305 e. The molecule has 3 aromatic rings.